The summed E-state index contributed by atoms with van der Waals surface area (Å²) in [4.78, 5) is 23.2. The molecule has 0 spiro atoms. The number of hydrogen-bond donors (Lipinski definition) is 3. The van der Waals surface area contributed by atoms with Crippen LogP contribution in [-0.4, -0.2) is 23.1 Å². The Morgan fingerprint density at radius 2 is 2.00 bits per heavy atom. The van der Waals surface area contributed by atoms with Gasteiger partial charge in [0.25, 0.3) is 0 Å². The van der Waals surface area contributed by atoms with Gasteiger partial charge in [0, 0.05) is 11.1 Å². The summed E-state index contributed by atoms with van der Waals surface area (Å²) in [5.74, 6) is -0.116. The number of rotatable bonds is 3. The minimum absolute atomic E-state index is 0.0161. The van der Waals surface area contributed by atoms with E-state index in [9.17, 15) is 9.59 Å². The minimum atomic E-state index is -1.11. The molecule has 3 unspecified atom stereocenters. The number of urea groups is 1. The van der Waals surface area contributed by atoms with Crippen LogP contribution in [0.5, 0.6) is 0 Å². The Bertz CT molecular complexity index is 562. The van der Waals surface area contributed by atoms with Crippen LogP contribution in [0.3, 0.4) is 0 Å². The van der Waals surface area contributed by atoms with Crippen molar-refractivity contribution in [3.05, 3.63) is 28.8 Å². The summed E-state index contributed by atoms with van der Waals surface area (Å²) in [5, 5.41) is 15.0. The van der Waals surface area contributed by atoms with Gasteiger partial charge in [0.1, 0.15) is 0 Å². The Labute approximate surface area is 128 Å². The van der Waals surface area contributed by atoms with Crippen molar-refractivity contribution in [2.75, 3.05) is 5.32 Å². The van der Waals surface area contributed by atoms with Gasteiger partial charge < -0.3 is 15.7 Å². The minimum Gasteiger partial charge on any atom is -0.478 e. The van der Waals surface area contributed by atoms with Gasteiger partial charge in [-0.25, -0.2) is 9.59 Å². The molecule has 6 heteroatoms. The van der Waals surface area contributed by atoms with E-state index >= 15 is 0 Å². The topological polar surface area (TPSA) is 78.4 Å². The largest absolute Gasteiger partial charge is 0.478 e. The Morgan fingerprint density at radius 1 is 1.29 bits per heavy atom. The summed E-state index contributed by atoms with van der Waals surface area (Å²) in [6.07, 6.45) is 2.03. The van der Waals surface area contributed by atoms with Crippen molar-refractivity contribution in [1.29, 1.82) is 0 Å². The van der Waals surface area contributed by atoms with Gasteiger partial charge in [0.2, 0.25) is 0 Å². The van der Waals surface area contributed by atoms with Gasteiger partial charge in [-0.3, -0.25) is 0 Å². The smallest absolute Gasteiger partial charge is 0.337 e. The molecule has 0 saturated heterocycles. The summed E-state index contributed by atoms with van der Waals surface area (Å²) in [5.41, 5.74) is 0.216. The van der Waals surface area contributed by atoms with Crippen LogP contribution in [0.4, 0.5) is 10.5 Å². The number of amides is 2. The van der Waals surface area contributed by atoms with Crippen LogP contribution in [0.1, 0.15) is 37.0 Å². The SMILES string of the molecule is CC1CCC(NC(=O)Nc2cc(Cl)ccc2C(=O)O)C1C. The molecule has 3 N–H and O–H groups in total. The highest BCUT2D eigenvalue weighted by atomic mass is 35.5. The van der Waals surface area contributed by atoms with Crippen molar-refractivity contribution in [2.45, 2.75) is 32.7 Å². The first-order chi connectivity index (χ1) is 9.88. The zero-order valence-electron chi connectivity index (χ0n) is 12.0. The van der Waals surface area contributed by atoms with E-state index in [1.54, 1.807) is 0 Å². The van der Waals surface area contributed by atoms with Gasteiger partial charge in [-0.05, 0) is 42.9 Å². The van der Waals surface area contributed by atoms with Crippen molar-refractivity contribution in [1.82, 2.24) is 5.32 Å². The number of carboxylic acid groups (broad SMARTS) is 1. The molecule has 0 aromatic heterocycles. The third-order valence-electron chi connectivity index (χ3n) is 4.24. The molecule has 5 nitrogen and oxygen atoms in total. The fourth-order valence-corrected chi connectivity index (χ4v) is 2.87. The van der Waals surface area contributed by atoms with Crippen molar-refractivity contribution < 1.29 is 14.7 Å². The molecule has 0 radical (unpaired) electrons. The Kier molecular flexibility index (Phi) is 4.73. The normalized spacial score (nSPS) is 24.6. The number of aromatic carboxylic acids is 1. The molecule has 1 aliphatic rings. The van der Waals surface area contributed by atoms with Crippen molar-refractivity contribution in [3.8, 4) is 0 Å². The number of carboxylic acids is 1. The van der Waals surface area contributed by atoms with Crippen LogP contribution in [-0.2, 0) is 0 Å². The predicted molar refractivity (Wildman–Crippen MR) is 81.9 cm³/mol. The number of benzene rings is 1. The lowest BCUT2D eigenvalue weighted by Crippen LogP contribution is -2.40. The second-order valence-electron chi connectivity index (χ2n) is 5.61. The van der Waals surface area contributed by atoms with E-state index in [4.69, 9.17) is 16.7 Å². The van der Waals surface area contributed by atoms with Crippen LogP contribution >= 0.6 is 11.6 Å². The third-order valence-corrected chi connectivity index (χ3v) is 4.48. The number of carbonyl (C=O) groups excluding carboxylic acids is 1. The van der Waals surface area contributed by atoms with E-state index < -0.39 is 12.0 Å². The maximum Gasteiger partial charge on any atom is 0.337 e. The van der Waals surface area contributed by atoms with E-state index in [0.29, 0.717) is 16.9 Å². The van der Waals surface area contributed by atoms with Gasteiger partial charge in [-0.2, -0.15) is 0 Å². The first-order valence-corrected chi connectivity index (χ1v) is 7.36. The van der Waals surface area contributed by atoms with Crippen molar-refractivity contribution in [3.63, 3.8) is 0 Å². The van der Waals surface area contributed by atoms with Crippen LogP contribution in [0.2, 0.25) is 5.02 Å². The summed E-state index contributed by atoms with van der Waals surface area (Å²) in [7, 11) is 0. The molecule has 1 aromatic rings. The first-order valence-electron chi connectivity index (χ1n) is 6.99. The van der Waals surface area contributed by atoms with E-state index in [-0.39, 0.29) is 17.3 Å². The molecule has 1 fully saturated rings. The molecule has 2 amide bonds. The molecule has 0 aliphatic heterocycles. The number of carbonyl (C=O) groups is 2. The molecule has 2 rings (SSSR count). The van der Waals surface area contributed by atoms with E-state index in [2.05, 4.69) is 24.5 Å². The van der Waals surface area contributed by atoms with Crippen LogP contribution < -0.4 is 10.6 Å². The molecule has 0 heterocycles. The van der Waals surface area contributed by atoms with Gasteiger partial charge in [-0.15, -0.1) is 0 Å². The maximum atomic E-state index is 12.0. The number of nitrogens with one attached hydrogen (secondary N) is 2. The molecular weight excluding hydrogens is 292 g/mol. The third kappa shape index (κ3) is 3.67. The van der Waals surface area contributed by atoms with Gasteiger partial charge in [0.15, 0.2) is 0 Å². The summed E-state index contributed by atoms with van der Waals surface area (Å²) >= 11 is 5.85. The molecule has 1 aromatic carbocycles. The zero-order valence-corrected chi connectivity index (χ0v) is 12.8. The summed E-state index contributed by atoms with van der Waals surface area (Å²) in [6.45, 7) is 4.29. The lowest BCUT2D eigenvalue weighted by molar-refractivity contribution is 0.0698. The average Bonchev–Trinajstić information content (AvgIpc) is 2.70. The number of anilines is 1. The van der Waals surface area contributed by atoms with Crippen LogP contribution in [0.25, 0.3) is 0 Å². The number of hydrogen-bond acceptors (Lipinski definition) is 2. The number of halogens is 1. The lowest BCUT2D eigenvalue weighted by Gasteiger charge is -2.20. The predicted octanol–water partition coefficient (Wildman–Crippen LogP) is 3.59. The zero-order chi connectivity index (χ0) is 15.6. The molecule has 114 valence electrons. The highest BCUT2D eigenvalue weighted by molar-refractivity contribution is 6.31. The quantitative estimate of drug-likeness (QED) is 0.798. The fraction of sp³-hybridized carbons (Fsp3) is 0.467. The molecular formula is C15H19ClN2O3. The van der Waals surface area contributed by atoms with E-state index in [0.717, 1.165) is 12.8 Å². The molecule has 1 saturated carbocycles. The Balaban J connectivity index is 2.06. The van der Waals surface area contributed by atoms with Crippen molar-refractivity contribution in [2.24, 2.45) is 11.8 Å². The Hall–Kier alpha value is -1.75. The van der Waals surface area contributed by atoms with Gasteiger partial charge in [0.05, 0.1) is 11.3 Å². The fourth-order valence-electron chi connectivity index (χ4n) is 2.70. The van der Waals surface area contributed by atoms with Gasteiger partial charge in [-0.1, -0.05) is 25.4 Å². The maximum absolute atomic E-state index is 12.0. The van der Waals surface area contributed by atoms with E-state index in [1.165, 1.54) is 18.2 Å². The highest BCUT2D eigenvalue weighted by Crippen LogP contribution is 2.31. The molecule has 3 atom stereocenters. The first kappa shape index (κ1) is 15.6. The Morgan fingerprint density at radius 3 is 2.57 bits per heavy atom. The van der Waals surface area contributed by atoms with Crippen LogP contribution in [0, 0.1) is 11.8 Å². The summed E-state index contributed by atoms with van der Waals surface area (Å²) in [6, 6.07) is 4.01. The molecule has 1 aliphatic carbocycles. The molecule has 0 bridgehead atoms. The van der Waals surface area contributed by atoms with Gasteiger partial charge >= 0.3 is 12.0 Å². The van der Waals surface area contributed by atoms with Crippen LogP contribution in [0.15, 0.2) is 18.2 Å². The monoisotopic (exact) mass is 310 g/mol. The second-order valence-corrected chi connectivity index (χ2v) is 6.05. The lowest BCUT2D eigenvalue weighted by atomic mass is 9.98. The molecule has 21 heavy (non-hydrogen) atoms. The standard InChI is InChI=1S/C15H19ClN2O3/c1-8-3-6-12(9(8)2)17-15(21)18-13-7-10(16)4-5-11(13)14(19)20/h4-5,7-9,12H,3,6H2,1-2H3,(H,19,20)(H2,17,18,21). The van der Waals surface area contributed by atoms with E-state index in [1.807, 2.05) is 0 Å². The van der Waals surface area contributed by atoms with Crippen molar-refractivity contribution >= 4 is 29.3 Å². The second kappa shape index (κ2) is 6.35. The summed E-state index contributed by atoms with van der Waals surface area (Å²) < 4.78 is 0. The highest BCUT2D eigenvalue weighted by Gasteiger charge is 2.30. The average molecular weight is 311 g/mol.